The van der Waals surface area contributed by atoms with Crippen LogP contribution in [0.2, 0.25) is 0 Å². The second kappa shape index (κ2) is 14.3. The fourth-order valence-corrected chi connectivity index (χ4v) is 1.84. The van der Waals surface area contributed by atoms with Crippen molar-refractivity contribution in [2.24, 2.45) is 0 Å². The van der Waals surface area contributed by atoms with Gasteiger partial charge < -0.3 is 6.92 Å². The van der Waals surface area contributed by atoms with Crippen LogP contribution in [-0.4, -0.2) is 4.61 Å². The molecule has 0 radical (unpaired) electrons. The van der Waals surface area contributed by atoms with Gasteiger partial charge in [0, 0.05) is 0 Å². The van der Waals surface area contributed by atoms with Gasteiger partial charge in [0.15, 0.2) is 0 Å². The zero-order chi connectivity index (χ0) is 9.82. The molecule has 0 fully saturated rings. The summed E-state index contributed by atoms with van der Waals surface area (Å²) < 4.78 is 1.98. The van der Waals surface area contributed by atoms with E-state index in [0.29, 0.717) is 0 Å². The number of allylic oxidation sites excluding steroid dienone is 1. The molecule has 0 N–H and O–H groups in total. The van der Waals surface area contributed by atoms with E-state index in [1.807, 2.05) is 10.7 Å². The van der Waals surface area contributed by atoms with E-state index < -0.39 is 13.5 Å². The van der Waals surface area contributed by atoms with Crippen LogP contribution >= 0.6 is 19.4 Å². The van der Waals surface area contributed by atoms with Crippen LogP contribution in [0, 0.1) is 6.92 Å². The molecule has 0 aliphatic carbocycles. The Bertz CT molecular complexity index is 116. The van der Waals surface area contributed by atoms with Crippen LogP contribution in [0.15, 0.2) is 12.7 Å². The minimum Gasteiger partial charge on any atom is -0.343 e. The van der Waals surface area contributed by atoms with Crippen LogP contribution in [0.3, 0.4) is 0 Å². The monoisotopic (exact) mass is 297 g/mol. The Labute approximate surface area is 89.5 Å². The predicted molar refractivity (Wildman–Crippen MR) is 57.5 cm³/mol. The Morgan fingerprint density at radius 3 is 2.17 bits per heavy atom. The summed E-state index contributed by atoms with van der Waals surface area (Å²) in [4.78, 5) is 0. The van der Waals surface area contributed by atoms with Crippen LogP contribution < -0.4 is 0 Å². The van der Waals surface area contributed by atoms with Gasteiger partial charge in [0.1, 0.15) is 0 Å². The van der Waals surface area contributed by atoms with E-state index in [9.17, 15) is 0 Å². The molecule has 0 saturated heterocycles. The summed E-state index contributed by atoms with van der Waals surface area (Å²) in [5.74, 6) is 0. The average Bonchev–Trinajstić information content (AvgIpc) is 2.05. The fourth-order valence-electron chi connectivity index (χ4n) is 0.254. The minimum atomic E-state index is -1.47. The summed E-state index contributed by atoms with van der Waals surface area (Å²) in [6.07, 6.45) is 6.11. The van der Waals surface area contributed by atoms with Gasteiger partial charge in [-0.25, -0.2) is 0 Å². The first-order valence-corrected chi connectivity index (χ1v) is 9.38. The molecule has 0 nitrogen and oxygen atoms in total. The first kappa shape index (κ1) is 15.3. The molecular formula is C9H17Cl2Ru-. The van der Waals surface area contributed by atoms with Crippen molar-refractivity contribution in [1.82, 2.24) is 0 Å². The summed E-state index contributed by atoms with van der Waals surface area (Å²) in [5, 5.41) is 0. The number of rotatable bonds is 4. The van der Waals surface area contributed by atoms with Crippen molar-refractivity contribution >= 4 is 24.0 Å². The van der Waals surface area contributed by atoms with E-state index in [-0.39, 0.29) is 0 Å². The molecule has 0 amide bonds. The van der Waals surface area contributed by atoms with Crippen molar-refractivity contribution in [2.75, 3.05) is 0 Å². The summed E-state index contributed by atoms with van der Waals surface area (Å²) in [7, 11) is 11.1. The smallest absolute Gasteiger partial charge is 0.0678 e. The second-order valence-electron chi connectivity index (χ2n) is 2.07. The fraction of sp³-hybridized carbons (Fsp3) is 0.556. The van der Waals surface area contributed by atoms with Gasteiger partial charge >= 0.3 is 63.0 Å². The van der Waals surface area contributed by atoms with Gasteiger partial charge in [-0.05, 0) is 0 Å². The van der Waals surface area contributed by atoms with Crippen LogP contribution in [0.25, 0.3) is 0 Å². The maximum absolute atomic E-state index is 5.53. The summed E-state index contributed by atoms with van der Waals surface area (Å²) in [5.41, 5.74) is 0. The maximum Gasteiger partial charge on any atom is -0.0678 e. The van der Waals surface area contributed by atoms with Crippen molar-refractivity contribution in [1.29, 1.82) is 0 Å². The van der Waals surface area contributed by atoms with Crippen LogP contribution in [0.5, 0.6) is 0 Å². The molecule has 0 aliphatic rings. The quantitative estimate of drug-likeness (QED) is 0.314. The van der Waals surface area contributed by atoms with Crippen molar-refractivity contribution in [3.8, 4) is 0 Å². The van der Waals surface area contributed by atoms with Gasteiger partial charge in [-0.1, -0.05) is 13.3 Å². The van der Waals surface area contributed by atoms with Gasteiger partial charge in [0.05, 0.1) is 0 Å². The molecule has 0 bridgehead atoms. The Kier molecular flexibility index (Phi) is 18.3. The van der Waals surface area contributed by atoms with Crippen molar-refractivity contribution in [2.45, 2.75) is 32.6 Å². The topological polar surface area (TPSA) is 0 Å². The van der Waals surface area contributed by atoms with E-state index in [2.05, 4.69) is 20.4 Å². The standard InChI is InChI=1S/C5H8.C4H9.2ClH.Ru/c1-3-5-4-2;1-3-4-2;;;/h1,4H,2-3,5H2;1,3-4H2,2H3;2*1H;/q;-1;;;+2/p-2. The first-order chi connectivity index (χ1) is 5.68. The van der Waals surface area contributed by atoms with E-state index in [1.54, 1.807) is 0 Å². The molecule has 0 aromatic carbocycles. The Hall–Kier alpha value is 0.813. The van der Waals surface area contributed by atoms with Crippen LogP contribution in [-0.2, 0) is 13.5 Å². The number of hydrogen-bond acceptors (Lipinski definition) is 0. The molecule has 76 valence electrons. The predicted octanol–water partition coefficient (Wildman–Crippen LogP) is 4.30. The number of hydrogen-bond donors (Lipinski definition) is 0. The molecule has 0 spiro atoms. The van der Waals surface area contributed by atoms with Crippen molar-refractivity contribution in [3.05, 3.63) is 19.6 Å². The summed E-state index contributed by atoms with van der Waals surface area (Å²) >= 11 is -1.47. The van der Waals surface area contributed by atoms with E-state index in [1.165, 1.54) is 6.42 Å². The summed E-state index contributed by atoms with van der Waals surface area (Å²) in [6.45, 7) is 9.29. The van der Waals surface area contributed by atoms with E-state index in [0.717, 1.165) is 19.3 Å². The molecule has 12 heavy (non-hydrogen) atoms. The van der Waals surface area contributed by atoms with Gasteiger partial charge in [0.2, 0.25) is 0 Å². The average molecular weight is 297 g/mol. The molecule has 0 aliphatic heterocycles. The molecule has 0 atom stereocenters. The Morgan fingerprint density at radius 1 is 1.42 bits per heavy atom. The van der Waals surface area contributed by atoms with Crippen LogP contribution in [0.1, 0.15) is 32.6 Å². The molecule has 0 saturated carbocycles. The molecule has 0 unspecified atom stereocenters. The van der Waals surface area contributed by atoms with E-state index >= 15 is 0 Å². The van der Waals surface area contributed by atoms with Gasteiger partial charge in [-0.3, -0.25) is 0 Å². The Balaban J connectivity index is 0. The molecule has 0 heterocycles. The maximum atomic E-state index is 5.53. The molecular weight excluding hydrogens is 280 g/mol. The van der Waals surface area contributed by atoms with Crippen LogP contribution in [0.4, 0.5) is 0 Å². The number of unbranched alkanes of at least 4 members (excludes halogenated alkanes) is 2. The van der Waals surface area contributed by atoms with E-state index in [4.69, 9.17) is 19.4 Å². The molecule has 0 aromatic rings. The molecule has 0 rings (SSSR count). The SMILES string of the molecule is C=CCC[CH]=[Ru]([Cl])[Cl].[CH2-]CCC. The third-order valence-corrected chi connectivity index (χ3v) is 3.26. The Morgan fingerprint density at radius 2 is 1.92 bits per heavy atom. The number of halogens is 2. The minimum absolute atomic E-state index is 0.982. The largest absolute Gasteiger partial charge is 0.343 e. The van der Waals surface area contributed by atoms with Gasteiger partial charge in [0.25, 0.3) is 0 Å². The zero-order valence-electron chi connectivity index (χ0n) is 7.51. The van der Waals surface area contributed by atoms with Crippen molar-refractivity contribution < 1.29 is 13.5 Å². The normalized spacial score (nSPS) is 9.50. The molecule has 3 heteroatoms. The van der Waals surface area contributed by atoms with Gasteiger partial charge in [-0.15, -0.1) is 0 Å². The zero-order valence-corrected chi connectivity index (χ0v) is 10.8. The summed E-state index contributed by atoms with van der Waals surface area (Å²) in [6, 6.07) is 0. The van der Waals surface area contributed by atoms with Crippen molar-refractivity contribution in [3.63, 3.8) is 0 Å². The third-order valence-electron chi connectivity index (χ3n) is 0.936. The second-order valence-corrected chi connectivity index (χ2v) is 8.00. The first-order valence-electron chi connectivity index (χ1n) is 3.90. The van der Waals surface area contributed by atoms with Gasteiger partial charge in [-0.2, -0.15) is 6.42 Å². The third kappa shape index (κ3) is 22.4. The molecule has 0 aromatic heterocycles.